The fourth-order valence-corrected chi connectivity index (χ4v) is 3.71. The maximum absolute atomic E-state index is 8.87. The molecule has 1 fully saturated rings. The highest BCUT2D eigenvalue weighted by atomic mass is 16.5. The first kappa shape index (κ1) is 21.9. The van der Waals surface area contributed by atoms with Crippen molar-refractivity contribution < 1.29 is 9.47 Å². The first-order chi connectivity index (χ1) is 13.2. The molecule has 0 bridgehead atoms. The van der Waals surface area contributed by atoms with Crippen LogP contribution in [0.5, 0.6) is 0 Å². The van der Waals surface area contributed by atoms with Gasteiger partial charge in [-0.25, -0.2) is 0 Å². The minimum Gasteiger partial charge on any atom is -0.374 e. The van der Waals surface area contributed by atoms with E-state index in [1.165, 1.54) is 37.8 Å². The van der Waals surface area contributed by atoms with Gasteiger partial charge in [-0.15, -0.1) is 0 Å². The standard InChI is InChI=1S/C23H36N2O2/c1-25(2)17-9-4-3-8-12-22(26-19-20-10-6-5-7-11-20)18-23-14-13-21(27-23)15-16-24/h5-7,10-11,21-23H,3-4,8-9,12-15,17-19H2,1-2H3/t21?,22-,23-/m1/s1. The average molecular weight is 373 g/mol. The van der Waals surface area contributed by atoms with Crippen LogP contribution in [0.1, 0.15) is 63.4 Å². The first-order valence-corrected chi connectivity index (χ1v) is 10.5. The van der Waals surface area contributed by atoms with E-state index in [2.05, 4.69) is 49.3 Å². The summed E-state index contributed by atoms with van der Waals surface area (Å²) in [4.78, 5) is 2.25. The molecule has 1 heterocycles. The Hall–Kier alpha value is -1.41. The van der Waals surface area contributed by atoms with Crippen molar-refractivity contribution in [1.29, 1.82) is 5.26 Å². The lowest BCUT2D eigenvalue weighted by atomic mass is 10.0. The van der Waals surface area contributed by atoms with E-state index in [1.54, 1.807) is 0 Å². The number of hydrogen-bond acceptors (Lipinski definition) is 4. The molecule has 0 saturated carbocycles. The van der Waals surface area contributed by atoms with E-state index in [9.17, 15) is 0 Å². The number of hydrogen-bond donors (Lipinski definition) is 0. The molecule has 3 atom stereocenters. The summed E-state index contributed by atoms with van der Waals surface area (Å²) in [6.45, 7) is 1.84. The van der Waals surface area contributed by atoms with E-state index in [4.69, 9.17) is 14.7 Å². The van der Waals surface area contributed by atoms with E-state index in [0.29, 0.717) is 13.0 Å². The lowest BCUT2D eigenvalue weighted by molar-refractivity contribution is -0.0250. The zero-order chi connectivity index (χ0) is 19.3. The van der Waals surface area contributed by atoms with Crippen LogP contribution in [-0.4, -0.2) is 43.9 Å². The monoisotopic (exact) mass is 372 g/mol. The maximum Gasteiger partial charge on any atom is 0.0720 e. The molecule has 0 aromatic heterocycles. The molecule has 1 aliphatic heterocycles. The van der Waals surface area contributed by atoms with Gasteiger partial charge in [-0.1, -0.05) is 49.6 Å². The molecule has 1 unspecified atom stereocenters. The Labute approximate surface area is 165 Å². The van der Waals surface area contributed by atoms with Gasteiger partial charge in [0.15, 0.2) is 0 Å². The van der Waals surface area contributed by atoms with Crippen molar-refractivity contribution in [2.45, 2.75) is 82.7 Å². The summed E-state index contributed by atoms with van der Waals surface area (Å²) in [5.41, 5.74) is 1.23. The van der Waals surface area contributed by atoms with Gasteiger partial charge in [0.05, 0.1) is 37.4 Å². The Bertz CT molecular complexity index is 541. The fraction of sp³-hybridized carbons (Fsp3) is 0.696. The highest BCUT2D eigenvalue weighted by Gasteiger charge is 2.27. The predicted molar refractivity (Wildman–Crippen MR) is 109 cm³/mol. The molecule has 1 aromatic rings. The molecule has 1 saturated heterocycles. The van der Waals surface area contributed by atoms with E-state index < -0.39 is 0 Å². The topological polar surface area (TPSA) is 45.5 Å². The second kappa shape index (κ2) is 12.9. The van der Waals surface area contributed by atoms with Crippen LogP contribution >= 0.6 is 0 Å². The number of benzene rings is 1. The van der Waals surface area contributed by atoms with Gasteiger partial charge in [0.25, 0.3) is 0 Å². The number of nitriles is 1. The summed E-state index contributed by atoms with van der Waals surface area (Å²) in [6.07, 6.45) is 10.3. The van der Waals surface area contributed by atoms with E-state index >= 15 is 0 Å². The summed E-state index contributed by atoms with van der Waals surface area (Å²) in [6, 6.07) is 12.6. The van der Waals surface area contributed by atoms with Crippen LogP contribution in [0.3, 0.4) is 0 Å². The third-order valence-electron chi connectivity index (χ3n) is 5.25. The second-order valence-corrected chi connectivity index (χ2v) is 7.98. The van der Waals surface area contributed by atoms with E-state index in [0.717, 1.165) is 25.7 Å². The fourth-order valence-electron chi connectivity index (χ4n) is 3.71. The number of rotatable bonds is 13. The van der Waals surface area contributed by atoms with Crippen LogP contribution in [0.2, 0.25) is 0 Å². The minimum absolute atomic E-state index is 0.126. The highest BCUT2D eigenvalue weighted by Crippen LogP contribution is 2.27. The molecule has 2 rings (SSSR count). The van der Waals surface area contributed by atoms with Crippen molar-refractivity contribution in [2.24, 2.45) is 0 Å². The van der Waals surface area contributed by atoms with Gasteiger partial charge in [-0.05, 0) is 58.3 Å². The van der Waals surface area contributed by atoms with Crippen LogP contribution in [0, 0.1) is 11.3 Å². The van der Waals surface area contributed by atoms with Gasteiger partial charge in [0.2, 0.25) is 0 Å². The molecule has 0 amide bonds. The van der Waals surface area contributed by atoms with Crippen LogP contribution in [0.4, 0.5) is 0 Å². The Morgan fingerprint density at radius 2 is 1.85 bits per heavy atom. The number of ether oxygens (including phenoxy) is 2. The van der Waals surface area contributed by atoms with Gasteiger partial charge in [-0.2, -0.15) is 5.26 Å². The normalized spacial score (nSPS) is 20.7. The van der Waals surface area contributed by atoms with Gasteiger partial charge < -0.3 is 14.4 Å². The molecule has 4 heteroatoms. The minimum atomic E-state index is 0.126. The Kier molecular flexibility index (Phi) is 10.4. The Morgan fingerprint density at radius 3 is 2.59 bits per heavy atom. The highest BCUT2D eigenvalue weighted by molar-refractivity contribution is 5.13. The quantitative estimate of drug-likeness (QED) is 0.460. The maximum atomic E-state index is 8.87. The summed E-state index contributed by atoms with van der Waals surface area (Å²) in [7, 11) is 4.27. The molecule has 1 aliphatic rings. The van der Waals surface area contributed by atoms with Crippen LogP contribution in [0.15, 0.2) is 30.3 Å². The van der Waals surface area contributed by atoms with Crippen molar-refractivity contribution in [3.63, 3.8) is 0 Å². The summed E-state index contributed by atoms with van der Waals surface area (Å²) in [5, 5.41) is 8.87. The lowest BCUT2D eigenvalue weighted by Gasteiger charge is -2.22. The summed E-state index contributed by atoms with van der Waals surface area (Å²) < 4.78 is 12.3. The van der Waals surface area contributed by atoms with Crippen LogP contribution in [-0.2, 0) is 16.1 Å². The van der Waals surface area contributed by atoms with Gasteiger partial charge in [-0.3, -0.25) is 0 Å². The number of unbranched alkanes of at least 4 members (excludes halogenated alkanes) is 3. The zero-order valence-electron chi connectivity index (χ0n) is 17.1. The second-order valence-electron chi connectivity index (χ2n) is 7.98. The molecule has 4 nitrogen and oxygen atoms in total. The summed E-state index contributed by atoms with van der Waals surface area (Å²) >= 11 is 0. The predicted octanol–water partition coefficient (Wildman–Crippen LogP) is 4.94. The summed E-state index contributed by atoms with van der Waals surface area (Å²) in [5.74, 6) is 0. The molecule has 0 N–H and O–H groups in total. The Balaban J connectivity index is 1.74. The molecule has 0 radical (unpaired) electrons. The van der Waals surface area contributed by atoms with E-state index in [1.807, 2.05) is 6.07 Å². The van der Waals surface area contributed by atoms with Crippen molar-refractivity contribution in [3.05, 3.63) is 35.9 Å². The average Bonchev–Trinajstić information content (AvgIpc) is 3.10. The molecule has 150 valence electrons. The largest absolute Gasteiger partial charge is 0.374 e. The molecule has 27 heavy (non-hydrogen) atoms. The first-order valence-electron chi connectivity index (χ1n) is 10.5. The molecule has 1 aromatic carbocycles. The number of nitrogens with zero attached hydrogens (tertiary/aromatic N) is 2. The van der Waals surface area contributed by atoms with Gasteiger partial charge >= 0.3 is 0 Å². The van der Waals surface area contributed by atoms with Crippen molar-refractivity contribution >= 4 is 0 Å². The van der Waals surface area contributed by atoms with Crippen molar-refractivity contribution in [1.82, 2.24) is 4.90 Å². The molecule has 0 spiro atoms. The molecule has 0 aliphatic carbocycles. The molecular weight excluding hydrogens is 336 g/mol. The van der Waals surface area contributed by atoms with Crippen molar-refractivity contribution in [2.75, 3.05) is 20.6 Å². The van der Waals surface area contributed by atoms with Gasteiger partial charge in [0, 0.05) is 0 Å². The van der Waals surface area contributed by atoms with Crippen LogP contribution in [0.25, 0.3) is 0 Å². The SMILES string of the molecule is CN(C)CCCCCC[C@H](C[C@H]1CCC(CC#N)O1)OCc1ccccc1. The third-order valence-corrected chi connectivity index (χ3v) is 5.25. The Morgan fingerprint density at radius 1 is 1.11 bits per heavy atom. The van der Waals surface area contributed by atoms with Crippen molar-refractivity contribution in [3.8, 4) is 6.07 Å². The van der Waals surface area contributed by atoms with E-state index in [-0.39, 0.29) is 18.3 Å². The zero-order valence-corrected chi connectivity index (χ0v) is 17.1. The van der Waals surface area contributed by atoms with Gasteiger partial charge in [0.1, 0.15) is 0 Å². The lowest BCUT2D eigenvalue weighted by Crippen LogP contribution is -2.22. The smallest absolute Gasteiger partial charge is 0.0720 e. The molecular formula is C23H36N2O2. The third kappa shape index (κ3) is 9.37. The van der Waals surface area contributed by atoms with Crippen LogP contribution < -0.4 is 0 Å².